The summed E-state index contributed by atoms with van der Waals surface area (Å²) in [7, 11) is 0. The number of carbonyl (C=O) groups excluding carboxylic acids is 1. The van der Waals surface area contributed by atoms with Gasteiger partial charge in [0.15, 0.2) is 17.4 Å². The third-order valence-electron chi connectivity index (χ3n) is 2.96. The SMILES string of the molecule is CC(C)C(=O)c1sc(NCc2ccc(F)c(F)c2)cc1N. The molecule has 0 aliphatic heterocycles. The number of ketones is 1. The number of rotatable bonds is 5. The Morgan fingerprint density at radius 1 is 1.29 bits per heavy atom. The predicted octanol–water partition coefficient (Wildman–Crippen LogP) is 4.06. The second-order valence-electron chi connectivity index (χ2n) is 5.02. The van der Waals surface area contributed by atoms with Crippen molar-refractivity contribution in [3.63, 3.8) is 0 Å². The van der Waals surface area contributed by atoms with Crippen LogP contribution in [0.3, 0.4) is 0 Å². The zero-order valence-corrected chi connectivity index (χ0v) is 12.6. The number of hydrogen-bond donors (Lipinski definition) is 2. The summed E-state index contributed by atoms with van der Waals surface area (Å²) in [6.07, 6.45) is 0. The fourth-order valence-electron chi connectivity index (χ4n) is 1.79. The number of thiophene rings is 1. The molecule has 112 valence electrons. The average molecular weight is 310 g/mol. The van der Waals surface area contributed by atoms with Gasteiger partial charge < -0.3 is 11.1 Å². The number of anilines is 2. The fraction of sp³-hybridized carbons (Fsp3) is 0.267. The minimum atomic E-state index is -0.879. The number of nitrogens with one attached hydrogen (secondary N) is 1. The zero-order chi connectivity index (χ0) is 15.6. The molecule has 0 fully saturated rings. The van der Waals surface area contributed by atoms with Crippen molar-refractivity contribution in [3.8, 4) is 0 Å². The number of benzene rings is 1. The van der Waals surface area contributed by atoms with Crippen molar-refractivity contribution < 1.29 is 13.6 Å². The molecule has 0 radical (unpaired) electrons. The first-order chi connectivity index (χ1) is 9.88. The van der Waals surface area contributed by atoms with Crippen LogP contribution in [0.1, 0.15) is 29.1 Å². The van der Waals surface area contributed by atoms with Gasteiger partial charge >= 0.3 is 0 Å². The van der Waals surface area contributed by atoms with Gasteiger partial charge in [0.2, 0.25) is 0 Å². The summed E-state index contributed by atoms with van der Waals surface area (Å²) in [5, 5.41) is 3.78. The van der Waals surface area contributed by atoms with Gasteiger partial charge in [-0.2, -0.15) is 0 Å². The van der Waals surface area contributed by atoms with Gasteiger partial charge in [-0.25, -0.2) is 8.78 Å². The third kappa shape index (κ3) is 3.58. The summed E-state index contributed by atoms with van der Waals surface area (Å²) in [4.78, 5) is 12.5. The maximum absolute atomic E-state index is 13.1. The van der Waals surface area contributed by atoms with Crippen molar-refractivity contribution in [3.05, 3.63) is 46.3 Å². The summed E-state index contributed by atoms with van der Waals surface area (Å²) < 4.78 is 25.9. The smallest absolute Gasteiger partial charge is 0.177 e. The van der Waals surface area contributed by atoms with Gasteiger partial charge in [-0.15, -0.1) is 11.3 Å². The Morgan fingerprint density at radius 2 is 2.00 bits per heavy atom. The highest BCUT2D eigenvalue weighted by Crippen LogP contribution is 2.31. The van der Waals surface area contributed by atoms with Gasteiger partial charge in [-0.05, 0) is 23.8 Å². The predicted molar refractivity (Wildman–Crippen MR) is 81.6 cm³/mol. The van der Waals surface area contributed by atoms with Crippen LogP contribution in [0.4, 0.5) is 19.5 Å². The standard InChI is InChI=1S/C15H16F2N2OS/c1-8(2)14(20)15-12(18)6-13(21-15)19-7-9-3-4-10(16)11(17)5-9/h3-6,8,19H,7,18H2,1-2H3. The van der Waals surface area contributed by atoms with Crippen LogP contribution < -0.4 is 11.1 Å². The second kappa shape index (κ2) is 6.22. The lowest BCUT2D eigenvalue weighted by Gasteiger charge is -2.04. The number of halogens is 2. The first kappa shape index (κ1) is 15.4. The molecule has 0 amide bonds. The zero-order valence-electron chi connectivity index (χ0n) is 11.7. The lowest BCUT2D eigenvalue weighted by molar-refractivity contribution is 0.0944. The maximum atomic E-state index is 13.1. The Kier molecular flexibility index (Phi) is 4.57. The molecule has 0 aliphatic rings. The van der Waals surface area contributed by atoms with Gasteiger partial charge in [-0.1, -0.05) is 19.9 Å². The molecule has 1 aromatic heterocycles. The van der Waals surface area contributed by atoms with Crippen LogP contribution in [-0.2, 0) is 6.54 Å². The lowest BCUT2D eigenvalue weighted by Crippen LogP contribution is -2.07. The normalized spacial score (nSPS) is 10.9. The lowest BCUT2D eigenvalue weighted by atomic mass is 10.1. The van der Waals surface area contributed by atoms with Crippen LogP contribution in [0.5, 0.6) is 0 Å². The molecule has 2 rings (SSSR count). The maximum Gasteiger partial charge on any atom is 0.177 e. The minimum absolute atomic E-state index is 0.00150. The molecule has 0 bridgehead atoms. The van der Waals surface area contributed by atoms with Crippen LogP contribution in [0.15, 0.2) is 24.3 Å². The molecule has 3 nitrogen and oxygen atoms in total. The molecule has 21 heavy (non-hydrogen) atoms. The molecule has 0 atom stereocenters. The summed E-state index contributed by atoms with van der Waals surface area (Å²) in [6, 6.07) is 5.41. The van der Waals surface area contributed by atoms with Crippen molar-refractivity contribution in [2.24, 2.45) is 5.92 Å². The second-order valence-corrected chi connectivity index (χ2v) is 6.07. The van der Waals surface area contributed by atoms with E-state index in [1.807, 2.05) is 13.8 Å². The van der Waals surface area contributed by atoms with E-state index in [0.29, 0.717) is 22.7 Å². The van der Waals surface area contributed by atoms with E-state index in [9.17, 15) is 13.6 Å². The van der Waals surface area contributed by atoms with E-state index in [2.05, 4.69) is 5.32 Å². The molecule has 6 heteroatoms. The van der Waals surface area contributed by atoms with E-state index in [0.717, 1.165) is 17.1 Å². The summed E-state index contributed by atoms with van der Waals surface area (Å²) in [5.41, 5.74) is 6.88. The molecular formula is C15H16F2N2OS. The molecule has 0 unspecified atom stereocenters. The Hall–Kier alpha value is -1.95. The molecule has 1 aromatic carbocycles. The number of Topliss-reactive ketones (excluding diaryl/α,β-unsaturated/α-hetero) is 1. The van der Waals surface area contributed by atoms with Gasteiger partial charge in [0.05, 0.1) is 15.6 Å². The molecule has 0 spiro atoms. The molecule has 0 saturated carbocycles. The van der Waals surface area contributed by atoms with Crippen LogP contribution in [-0.4, -0.2) is 5.78 Å². The van der Waals surface area contributed by atoms with E-state index in [1.165, 1.54) is 17.4 Å². The summed E-state index contributed by atoms with van der Waals surface area (Å²) >= 11 is 1.27. The number of nitrogens with two attached hydrogens (primary N) is 1. The van der Waals surface area contributed by atoms with E-state index in [4.69, 9.17) is 5.73 Å². The van der Waals surface area contributed by atoms with Crippen LogP contribution in [0.25, 0.3) is 0 Å². The molecule has 2 aromatic rings. The van der Waals surface area contributed by atoms with E-state index in [-0.39, 0.29) is 11.7 Å². The number of carbonyl (C=O) groups is 1. The Bertz CT molecular complexity index is 668. The van der Waals surface area contributed by atoms with E-state index >= 15 is 0 Å². The van der Waals surface area contributed by atoms with Crippen molar-refractivity contribution in [2.75, 3.05) is 11.1 Å². The quantitative estimate of drug-likeness (QED) is 0.819. The summed E-state index contributed by atoms with van der Waals surface area (Å²) in [6.45, 7) is 3.96. The minimum Gasteiger partial charge on any atom is -0.397 e. The van der Waals surface area contributed by atoms with E-state index in [1.54, 1.807) is 6.07 Å². The summed E-state index contributed by atoms with van der Waals surface area (Å²) in [5.74, 6) is -1.87. The van der Waals surface area contributed by atoms with Crippen LogP contribution in [0, 0.1) is 17.6 Å². The molecular weight excluding hydrogens is 294 g/mol. The highest BCUT2D eigenvalue weighted by atomic mass is 32.1. The molecule has 1 heterocycles. The highest BCUT2D eigenvalue weighted by molar-refractivity contribution is 7.18. The first-order valence-corrected chi connectivity index (χ1v) is 7.31. The van der Waals surface area contributed by atoms with Gasteiger partial charge in [0.25, 0.3) is 0 Å². The average Bonchev–Trinajstić information content (AvgIpc) is 2.80. The van der Waals surface area contributed by atoms with Crippen molar-refractivity contribution in [1.29, 1.82) is 0 Å². The van der Waals surface area contributed by atoms with Gasteiger partial charge in [-0.3, -0.25) is 4.79 Å². The largest absolute Gasteiger partial charge is 0.397 e. The molecule has 3 N–H and O–H groups in total. The molecule has 0 saturated heterocycles. The van der Waals surface area contributed by atoms with E-state index < -0.39 is 11.6 Å². The number of nitrogen functional groups attached to an aromatic ring is 1. The fourth-order valence-corrected chi connectivity index (χ4v) is 2.85. The van der Waals surface area contributed by atoms with Crippen molar-refractivity contribution in [1.82, 2.24) is 0 Å². The van der Waals surface area contributed by atoms with Gasteiger partial charge in [0, 0.05) is 12.5 Å². The monoisotopic (exact) mass is 310 g/mol. The number of hydrogen-bond acceptors (Lipinski definition) is 4. The Morgan fingerprint density at radius 3 is 2.62 bits per heavy atom. The van der Waals surface area contributed by atoms with Gasteiger partial charge in [0.1, 0.15) is 0 Å². The molecule has 0 aliphatic carbocycles. The van der Waals surface area contributed by atoms with Crippen LogP contribution in [0.2, 0.25) is 0 Å². The van der Waals surface area contributed by atoms with Crippen LogP contribution >= 0.6 is 11.3 Å². The Balaban J connectivity index is 2.08. The van der Waals surface area contributed by atoms with Crippen molar-refractivity contribution in [2.45, 2.75) is 20.4 Å². The Labute approximate surface area is 125 Å². The van der Waals surface area contributed by atoms with Crippen molar-refractivity contribution >= 4 is 27.8 Å². The first-order valence-electron chi connectivity index (χ1n) is 6.49. The topological polar surface area (TPSA) is 55.1 Å². The highest BCUT2D eigenvalue weighted by Gasteiger charge is 2.17. The third-order valence-corrected chi connectivity index (χ3v) is 4.08.